The summed E-state index contributed by atoms with van der Waals surface area (Å²) in [6.45, 7) is 1.44. The molecule has 25 heavy (non-hydrogen) atoms. The topological polar surface area (TPSA) is 118 Å². The molecule has 0 spiro atoms. The Labute approximate surface area is 144 Å². The number of aldehydes is 3. The highest BCUT2D eigenvalue weighted by Crippen LogP contribution is 2.27. The van der Waals surface area contributed by atoms with Gasteiger partial charge in [-0.2, -0.15) is 0 Å². The summed E-state index contributed by atoms with van der Waals surface area (Å²) in [6.07, 6.45) is 1.57. The van der Waals surface area contributed by atoms with Crippen molar-refractivity contribution >= 4 is 24.8 Å². The quantitative estimate of drug-likeness (QED) is 0.277. The Morgan fingerprint density at radius 3 is 2.28 bits per heavy atom. The molecule has 0 aliphatic heterocycles. The van der Waals surface area contributed by atoms with Crippen molar-refractivity contribution in [1.82, 2.24) is 0 Å². The number of phenols is 1. The molecule has 0 saturated heterocycles. The number of aliphatic hydroxyl groups is 1. The predicted octanol–water partition coefficient (Wildman–Crippen LogP) is 0.758. The lowest BCUT2D eigenvalue weighted by Crippen LogP contribution is -2.44. The van der Waals surface area contributed by atoms with E-state index >= 15 is 0 Å². The Morgan fingerprint density at radius 2 is 1.80 bits per heavy atom. The van der Waals surface area contributed by atoms with Crippen molar-refractivity contribution in [1.29, 1.82) is 0 Å². The number of carbonyl (C=O) groups is 4. The second-order valence-corrected chi connectivity index (χ2v) is 5.40. The number of hydrogen-bond donors (Lipinski definition) is 2. The molecule has 0 amide bonds. The van der Waals surface area contributed by atoms with Crippen molar-refractivity contribution in [3.63, 3.8) is 0 Å². The molecular formula is C18H20O7. The van der Waals surface area contributed by atoms with Gasteiger partial charge in [0.15, 0.2) is 0 Å². The smallest absolute Gasteiger partial charge is 0.309 e. The van der Waals surface area contributed by atoms with E-state index in [1.807, 2.05) is 0 Å². The number of hydrogen-bond acceptors (Lipinski definition) is 7. The van der Waals surface area contributed by atoms with Crippen LogP contribution in [0.5, 0.6) is 5.75 Å². The molecule has 2 N–H and O–H groups in total. The zero-order valence-electron chi connectivity index (χ0n) is 13.8. The summed E-state index contributed by atoms with van der Waals surface area (Å²) in [6, 6.07) is 6.32. The maximum absolute atomic E-state index is 12.0. The number of aromatic hydroxyl groups is 1. The lowest BCUT2D eigenvalue weighted by Gasteiger charge is -2.29. The van der Waals surface area contributed by atoms with Crippen LogP contribution in [0.4, 0.5) is 0 Å². The Kier molecular flexibility index (Phi) is 7.68. The van der Waals surface area contributed by atoms with Crippen molar-refractivity contribution < 1.29 is 34.1 Å². The van der Waals surface area contributed by atoms with Crippen LogP contribution < -0.4 is 0 Å². The van der Waals surface area contributed by atoms with E-state index in [-0.39, 0.29) is 30.5 Å². The van der Waals surface area contributed by atoms with Gasteiger partial charge in [0.1, 0.15) is 36.1 Å². The third kappa shape index (κ3) is 5.36. The lowest BCUT2D eigenvalue weighted by molar-refractivity contribution is -0.150. The molecule has 0 radical (unpaired) electrons. The molecule has 0 bridgehead atoms. The van der Waals surface area contributed by atoms with Crippen molar-refractivity contribution in [2.75, 3.05) is 6.61 Å². The summed E-state index contributed by atoms with van der Waals surface area (Å²) >= 11 is 0. The summed E-state index contributed by atoms with van der Waals surface area (Å²) in [5.74, 6) is -2.29. The normalized spacial score (nSPS) is 13.8. The van der Waals surface area contributed by atoms with E-state index in [2.05, 4.69) is 0 Å². The molecule has 0 heterocycles. The van der Waals surface area contributed by atoms with Gasteiger partial charge in [0, 0.05) is 12.0 Å². The van der Waals surface area contributed by atoms with Crippen molar-refractivity contribution in [3.05, 3.63) is 41.5 Å². The molecule has 0 saturated carbocycles. The first kappa shape index (κ1) is 20.2. The number of rotatable bonds is 10. The molecular weight excluding hydrogens is 328 g/mol. The lowest BCUT2D eigenvalue weighted by atomic mass is 9.80. The minimum Gasteiger partial charge on any atom is -0.508 e. The minimum absolute atomic E-state index is 0.00119. The molecule has 0 fully saturated rings. The van der Waals surface area contributed by atoms with Gasteiger partial charge < -0.3 is 24.5 Å². The molecule has 0 aliphatic rings. The summed E-state index contributed by atoms with van der Waals surface area (Å²) in [5.41, 5.74) is -1.66. The Balaban J connectivity index is 2.74. The average Bonchev–Trinajstić information content (AvgIpc) is 2.58. The molecule has 0 aliphatic carbocycles. The van der Waals surface area contributed by atoms with Gasteiger partial charge in [0.05, 0.1) is 13.0 Å². The highest BCUT2D eigenvalue weighted by atomic mass is 16.5. The minimum atomic E-state index is -2.24. The number of allylic oxidation sites excluding steroid dienone is 1. The van der Waals surface area contributed by atoms with E-state index in [4.69, 9.17) is 4.74 Å². The van der Waals surface area contributed by atoms with Crippen LogP contribution in [0.3, 0.4) is 0 Å². The van der Waals surface area contributed by atoms with E-state index in [9.17, 15) is 29.4 Å². The zero-order chi connectivity index (χ0) is 18.9. The molecule has 0 unspecified atom stereocenters. The summed E-state index contributed by atoms with van der Waals surface area (Å²) in [5, 5.41) is 19.7. The summed E-state index contributed by atoms with van der Waals surface area (Å²) in [4.78, 5) is 45.1. The van der Waals surface area contributed by atoms with Gasteiger partial charge in [-0.3, -0.25) is 9.59 Å². The van der Waals surface area contributed by atoms with E-state index in [0.717, 1.165) is 5.56 Å². The maximum Gasteiger partial charge on any atom is 0.309 e. The third-order valence-corrected chi connectivity index (χ3v) is 3.79. The predicted molar refractivity (Wildman–Crippen MR) is 87.8 cm³/mol. The number of phenolic OH excluding ortho intramolecular Hbond substituents is 1. The summed E-state index contributed by atoms with van der Waals surface area (Å²) in [7, 11) is 0. The highest BCUT2D eigenvalue weighted by molar-refractivity contribution is 5.88. The van der Waals surface area contributed by atoms with Gasteiger partial charge in [-0.15, -0.1) is 0 Å². The second kappa shape index (κ2) is 9.48. The third-order valence-electron chi connectivity index (χ3n) is 3.79. The number of esters is 1. The van der Waals surface area contributed by atoms with Crippen molar-refractivity contribution in [3.8, 4) is 5.75 Å². The molecule has 1 rings (SSSR count). The molecule has 1 aromatic carbocycles. The molecule has 134 valence electrons. The fraction of sp³-hybridized carbons (Fsp3) is 0.333. The largest absolute Gasteiger partial charge is 0.508 e. The first-order chi connectivity index (χ1) is 11.9. The molecule has 1 atom stereocenters. The number of ether oxygens (including phenoxy) is 1. The first-order valence-electron chi connectivity index (χ1n) is 7.59. The van der Waals surface area contributed by atoms with E-state index < -0.39 is 23.9 Å². The van der Waals surface area contributed by atoms with Crippen LogP contribution in [0.1, 0.15) is 18.9 Å². The second-order valence-electron chi connectivity index (χ2n) is 5.40. The van der Waals surface area contributed by atoms with E-state index in [1.165, 1.54) is 25.1 Å². The summed E-state index contributed by atoms with van der Waals surface area (Å²) < 4.78 is 5.01. The fourth-order valence-electron chi connectivity index (χ4n) is 2.31. The van der Waals surface area contributed by atoms with Crippen LogP contribution in [0.2, 0.25) is 0 Å². The van der Waals surface area contributed by atoms with Gasteiger partial charge in [0.25, 0.3) is 0 Å². The molecule has 7 heteroatoms. The zero-order valence-corrected chi connectivity index (χ0v) is 13.8. The number of carbonyl (C=O) groups excluding carboxylic acids is 4. The van der Waals surface area contributed by atoms with Crippen LogP contribution in [0.15, 0.2) is 35.9 Å². The standard InChI is InChI=1S/C18H20O7/c1-2-14(10-19)18(24,15(11-20)12-21)9-17(23)25-8-7-13-3-5-16(22)6-4-13/h2-6,10-12,15,22,24H,7-9H2,1H3/b14-2-/t18-/m1/s1. The maximum atomic E-state index is 12.0. The highest BCUT2D eigenvalue weighted by Gasteiger charge is 2.42. The van der Waals surface area contributed by atoms with Crippen LogP contribution in [0.25, 0.3) is 0 Å². The Hall–Kier alpha value is -2.80. The van der Waals surface area contributed by atoms with E-state index in [0.29, 0.717) is 12.7 Å². The van der Waals surface area contributed by atoms with E-state index in [1.54, 1.807) is 12.1 Å². The first-order valence-corrected chi connectivity index (χ1v) is 7.59. The van der Waals surface area contributed by atoms with Gasteiger partial charge in [-0.05, 0) is 24.6 Å². The van der Waals surface area contributed by atoms with Crippen molar-refractivity contribution in [2.24, 2.45) is 5.92 Å². The Bertz CT molecular complexity index is 640. The van der Waals surface area contributed by atoms with Crippen LogP contribution in [-0.2, 0) is 30.3 Å². The average molecular weight is 348 g/mol. The van der Waals surface area contributed by atoms with Gasteiger partial charge >= 0.3 is 5.97 Å². The molecule has 1 aromatic rings. The monoisotopic (exact) mass is 348 g/mol. The van der Waals surface area contributed by atoms with Gasteiger partial charge in [-0.1, -0.05) is 18.2 Å². The SMILES string of the molecule is C/C=C(/C=O)[C@](O)(CC(=O)OCCc1ccc(O)cc1)C(C=O)C=O. The Morgan fingerprint density at radius 1 is 1.20 bits per heavy atom. The molecule has 0 aromatic heterocycles. The van der Waals surface area contributed by atoms with Crippen LogP contribution in [-0.4, -0.2) is 47.2 Å². The van der Waals surface area contributed by atoms with Crippen LogP contribution >= 0.6 is 0 Å². The fourth-order valence-corrected chi connectivity index (χ4v) is 2.31. The number of benzene rings is 1. The molecule has 7 nitrogen and oxygen atoms in total. The van der Waals surface area contributed by atoms with Crippen LogP contribution in [0, 0.1) is 5.92 Å². The van der Waals surface area contributed by atoms with Crippen molar-refractivity contribution in [2.45, 2.75) is 25.4 Å². The van der Waals surface area contributed by atoms with Gasteiger partial charge in [0.2, 0.25) is 0 Å². The van der Waals surface area contributed by atoms with Gasteiger partial charge in [-0.25, -0.2) is 0 Å².